The zero-order chi connectivity index (χ0) is 20.5. The topological polar surface area (TPSA) is 49.6 Å². The smallest absolute Gasteiger partial charge is 0.416 e. The summed E-state index contributed by atoms with van der Waals surface area (Å²) in [6, 6.07) is 4.36. The van der Waals surface area contributed by atoms with E-state index >= 15 is 0 Å². The van der Waals surface area contributed by atoms with Gasteiger partial charge in [-0.1, -0.05) is 20.8 Å². The van der Waals surface area contributed by atoms with Crippen LogP contribution in [0.4, 0.5) is 13.2 Å². The summed E-state index contributed by atoms with van der Waals surface area (Å²) in [4.78, 5) is 20.7. The minimum atomic E-state index is -4.40. The molecule has 1 aliphatic rings. The monoisotopic (exact) mass is 395 g/mol. The largest absolute Gasteiger partial charge is 0.444 e. The lowest BCUT2D eigenvalue weighted by Gasteiger charge is -2.34. The predicted molar refractivity (Wildman–Crippen MR) is 97.8 cm³/mol. The van der Waals surface area contributed by atoms with Crippen LogP contribution in [0.2, 0.25) is 0 Å². The van der Waals surface area contributed by atoms with E-state index in [9.17, 15) is 18.0 Å². The van der Waals surface area contributed by atoms with Crippen molar-refractivity contribution < 1.29 is 22.4 Å². The highest BCUT2D eigenvalue weighted by atomic mass is 19.4. The van der Waals surface area contributed by atoms with Crippen LogP contribution in [0.25, 0.3) is 0 Å². The number of aromatic nitrogens is 1. The summed E-state index contributed by atoms with van der Waals surface area (Å²) in [6.07, 6.45) is -2.65. The van der Waals surface area contributed by atoms with Gasteiger partial charge in [0.2, 0.25) is 5.89 Å². The first kappa shape index (κ1) is 20.4. The van der Waals surface area contributed by atoms with Crippen molar-refractivity contribution in [1.29, 1.82) is 0 Å². The van der Waals surface area contributed by atoms with E-state index in [4.69, 9.17) is 4.42 Å². The maximum Gasteiger partial charge on any atom is 0.416 e. The zero-order valence-electron chi connectivity index (χ0n) is 16.2. The minimum absolute atomic E-state index is 0.0992. The number of alkyl halides is 3. The van der Waals surface area contributed by atoms with Crippen molar-refractivity contribution in [2.75, 3.05) is 26.2 Å². The quantitative estimate of drug-likeness (QED) is 0.790. The Kier molecular flexibility index (Phi) is 5.52. The van der Waals surface area contributed by atoms with Gasteiger partial charge in [0, 0.05) is 37.2 Å². The molecule has 28 heavy (non-hydrogen) atoms. The van der Waals surface area contributed by atoms with Gasteiger partial charge in [-0.15, -0.1) is 0 Å². The summed E-state index contributed by atoms with van der Waals surface area (Å²) in [6.45, 7) is 9.06. The molecule has 1 fully saturated rings. The second-order valence-corrected chi connectivity index (χ2v) is 8.01. The van der Waals surface area contributed by atoms with Crippen LogP contribution < -0.4 is 0 Å². The molecule has 1 saturated heterocycles. The Labute approximate surface area is 162 Å². The maximum absolute atomic E-state index is 12.7. The van der Waals surface area contributed by atoms with Gasteiger partial charge in [0.1, 0.15) is 5.76 Å². The average Bonchev–Trinajstić information content (AvgIpc) is 3.10. The number of oxazole rings is 1. The molecule has 0 saturated carbocycles. The Morgan fingerprint density at radius 3 is 2.18 bits per heavy atom. The van der Waals surface area contributed by atoms with E-state index in [0.717, 1.165) is 17.9 Å². The van der Waals surface area contributed by atoms with Gasteiger partial charge in [-0.25, -0.2) is 4.98 Å². The summed E-state index contributed by atoms with van der Waals surface area (Å²) >= 11 is 0. The van der Waals surface area contributed by atoms with Crippen molar-refractivity contribution in [3.05, 3.63) is 53.2 Å². The molecule has 152 valence electrons. The lowest BCUT2D eigenvalue weighted by Crippen LogP contribution is -2.48. The van der Waals surface area contributed by atoms with Gasteiger partial charge < -0.3 is 9.32 Å². The van der Waals surface area contributed by atoms with Crippen molar-refractivity contribution in [2.24, 2.45) is 0 Å². The lowest BCUT2D eigenvalue weighted by molar-refractivity contribution is -0.137. The van der Waals surface area contributed by atoms with Crippen LogP contribution in [0.5, 0.6) is 0 Å². The number of carbonyl (C=O) groups is 1. The molecule has 3 rings (SSSR count). The number of benzene rings is 1. The van der Waals surface area contributed by atoms with Crippen LogP contribution in [0.3, 0.4) is 0 Å². The number of hydrogen-bond acceptors (Lipinski definition) is 4. The maximum atomic E-state index is 12.7. The molecule has 0 radical (unpaired) electrons. The number of piperazine rings is 1. The molecule has 2 heterocycles. The molecule has 0 unspecified atom stereocenters. The Bertz CT molecular complexity index is 814. The lowest BCUT2D eigenvalue weighted by atomic mass is 9.94. The second kappa shape index (κ2) is 7.58. The molecule has 8 heteroatoms. The van der Waals surface area contributed by atoms with E-state index < -0.39 is 11.7 Å². The fourth-order valence-corrected chi connectivity index (χ4v) is 3.01. The normalized spacial score (nSPS) is 16.4. The van der Waals surface area contributed by atoms with E-state index in [-0.39, 0.29) is 16.9 Å². The highest BCUT2D eigenvalue weighted by Crippen LogP contribution is 2.29. The molecule has 5 nitrogen and oxygen atoms in total. The van der Waals surface area contributed by atoms with E-state index in [2.05, 4.69) is 30.7 Å². The Balaban J connectivity index is 1.55. The standard InChI is InChI=1S/C20H24F3N3O2/c1-19(2,3)16-12-24-17(28-16)13-25-8-10-26(11-9-25)18(27)14-4-6-15(7-5-14)20(21,22)23/h4-7,12H,8-11,13H2,1-3H3. The van der Waals surface area contributed by atoms with Crippen molar-refractivity contribution in [2.45, 2.75) is 38.9 Å². The van der Waals surface area contributed by atoms with E-state index in [1.54, 1.807) is 11.1 Å². The van der Waals surface area contributed by atoms with E-state index in [1.807, 2.05) is 0 Å². The Morgan fingerprint density at radius 2 is 1.68 bits per heavy atom. The number of rotatable bonds is 3. The van der Waals surface area contributed by atoms with Gasteiger partial charge >= 0.3 is 6.18 Å². The molecule has 0 spiro atoms. The SMILES string of the molecule is CC(C)(C)c1cnc(CN2CCN(C(=O)c3ccc(C(F)(F)F)cc3)CC2)o1. The van der Waals surface area contributed by atoms with Crippen molar-refractivity contribution >= 4 is 5.91 Å². The van der Waals surface area contributed by atoms with Crippen LogP contribution in [0, 0.1) is 0 Å². The second-order valence-electron chi connectivity index (χ2n) is 8.01. The van der Waals surface area contributed by atoms with E-state index in [0.29, 0.717) is 38.6 Å². The minimum Gasteiger partial charge on any atom is -0.444 e. The van der Waals surface area contributed by atoms with Gasteiger partial charge in [0.25, 0.3) is 5.91 Å². The third-order valence-electron chi connectivity index (χ3n) is 4.77. The van der Waals surface area contributed by atoms with Crippen LogP contribution in [0.1, 0.15) is 48.3 Å². The van der Waals surface area contributed by atoms with Gasteiger partial charge in [0.05, 0.1) is 18.3 Å². The summed E-state index contributed by atoms with van der Waals surface area (Å²) in [7, 11) is 0. The van der Waals surface area contributed by atoms with Crippen LogP contribution in [-0.4, -0.2) is 46.9 Å². The number of hydrogen-bond donors (Lipinski definition) is 0. The van der Waals surface area contributed by atoms with Gasteiger partial charge in [0.15, 0.2) is 0 Å². The average molecular weight is 395 g/mol. The third-order valence-corrected chi connectivity index (χ3v) is 4.77. The fourth-order valence-electron chi connectivity index (χ4n) is 3.01. The number of halogens is 3. The summed E-state index contributed by atoms with van der Waals surface area (Å²) < 4.78 is 43.8. The molecule has 1 amide bonds. The van der Waals surface area contributed by atoms with Crippen molar-refractivity contribution in [3.8, 4) is 0 Å². The molecule has 0 aliphatic carbocycles. The molecule has 1 aliphatic heterocycles. The molecule has 1 aromatic carbocycles. The fraction of sp³-hybridized carbons (Fsp3) is 0.500. The first-order chi connectivity index (χ1) is 13.0. The summed E-state index contributed by atoms with van der Waals surface area (Å²) in [5.41, 5.74) is -0.587. The molecule has 0 N–H and O–H groups in total. The van der Waals surface area contributed by atoms with Crippen molar-refractivity contribution in [1.82, 2.24) is 14.8 Å². The van der Waals surface area contributed by atoms with Crippen LogP contribution >= 0.6 is 0 Å². The van der Waals surface area contributed by atoms with Crippen LogP contribution in [-0.2, 0) is 18.1 Å². The Hall–Kier alpha value is -2.35. The van der Waals surface area contributed by atoms with E-state index in [1.165, 1.54) is 12.1 Å². The highest BCUT2D eigenvalue weighted by Gasteiger charge is 2.31. The summed E-state index contributed by atoms with van der Waals surface area (Å²) in [5, 5.41) is 0. The number of carbonyl (C=O) groups excluding carboxylic acids is 1. The van der Waals surface area contributed by atoms with Crippen molar-refractivity contribution in [3.63, 3.8) is 0 Å². The first-order valence-corrected chi connectivity index (χ1v) is 9.18. The molecule has 2 aromatic rings. The molecule has 0 bridgehead atoms. The number of amides is 1. The molecule has 0 atom stereocenters. The van der Waals surface area contributed by atoms with Crippen LogP contribution in [0.15, 0.2) is 34.9 Å². The zero-order valence-corrected chi connectivity index (χ0v) is 16.2. The predicted octanol–water partition coefficient (Wildman–Crippen LogP) is 3.95. The molecule has 1 aromatic heterocycles. The summed E-state index contributed by atoms with van der Waals surface area (Å²) in [5.74, 6) is 1.23. The van der Waals surface area contributed by atoms with Gasteiger partial charge in [-0.05, 0) is 24.3 Å². The Morgan fingerprint density at radius 1 is 1.07 bits per heavy atom. The van der Waals surface area contributed by atoms with Gasteiger partial charge in [-0.3, -0.25) is 9.69 Å². The number of nitrogens with zero attached hydrogens (tertiary/aromatic N) is 3. The third kappa shape index (κ3) is 4.73. The van der Waals surface area contributed by atoms with Gasteiger partial charge in [-0.2, -0.15) is 13.2 Å². The first-order valence-electron chi connectivity index (χ1n) is 9.18. The molecular weight excluding hydrogens is 371 g/mol. The molecular formula is C20H24F3N3O2. The highest BCUT2D eigenvalue weighted by molar-refractivity contribution is 5.94.